The SMILES string of the molecule is C[C@@H](Sc1nnc(-c2cccnc2)n1C1CC1)C(=O)Nc1sccc1C(N)=O. The number of carbonyl (C=O) groups excluding carboxylic acids is 2. The maximum absolute atomic E-state index is 12.6. The number of nitrogens with zero attached hydrogens (tertiary/aromatic N) is 4. The van der Waals surface area contributed by atoms with Crippen LogP contribution in [0, 0.1) is 0 Å². The number of thiophene rings is 1. The molecule has 1 fully saturated rings. The Morgan fingerprint density at radius 3 is 2.86 bits per heavy atom. The third-order valence-electron chi connectivity index (χ3n) is 4.32. The Labute approximate surface area is 169 Å². The molecule has 0 unspecified atom stereocenters. The van der Waals surface area contributed by atoms with E-state index in [1.54, 1.807) is 30.8 Å². The van der Waals surface area contributed by atoms with Crippen LogP contribution in [0.15, 0.2) is 41.1 Å². The molecule has 3 aromatic rings. The summed E-state index contributed by atoms with van der Waals surface area (Å²) >= 11 is 2.61. The van der Waals surface area contributed by atoms with E-state index < -0.39 is 11.2 Å². The molecule has 0 aliphatic heterocycles. The molecule has 10 heteroatoms. The zero-order chi connectivity index (χ0) is 19.7. The second-order valence-corrected chi connectivity index (χ2v) is 8.65. The zero-order valence-corrected chi connectivity index (χ0v) is 16.7. The van der Waals surface area contributed by atoms with Gasteiger partial charge in [-0.3, -0.25) is 19.1 Å². The van der Waals surface area contributed by atoms with E-state index in [4.69, 9.17) is 5.73 Å². The van der Waals surface area contributed by atoms with Gasteiger partial charge in [-0.15, -0.1) is 21.5 Å². The molecule has 4 rings (SSSR count). The zero-order valence-electron chi connectivity index (χ0n) is 15.0. The summed E-state index contributed by atoms with van der Waals surface area (Å²) in [6.45, 7) is 1.80. The van der Waals surface area contributed by atoms with E-state index in [1.165, 1.54) is 23.1 Å². The van der Waals surface area contributed by atoms with Gasteiger partial charge in [0, 0.05) is 24.0 Å². The summed E-state index contributed by atoms with van der Waals surface area (Å²) in [7, 11) is 0. The van der Waals surface area contributed by atoms with Gasteiger partial charge in [-0.05, 0) is 43.3 Å². The summed E-state index contributed by atoms with van der Waals surface area (Å²) in [4.78, 5) is 28.2. The van der Waals surface area contributed by atoms with Crippen LogP contribution >= 0.6 is 23.1 Å². The number of hydrogen-bond acceptors (Lipinski definition) is 7. The second kappa shape index (κ2) is 7.72. The van der Waals surface area contributed by atoms with Gasteiger partial charge in [0.05, 0.1) is 10.8 Å². The van der Waals surface area contributed by atoms with Crippen molar-refractivity contribution in [2.24, 2.45) is 5.73 Å². The predicted octanol–water partition coefficient (Wildman–Crippen LogP) is 2.95. The van der Waals surface area contributed by atoms with E-state index in [-0.39, 0.29) is 5.91 Å². The quantitative estimate of drug-likeness (QED) is 0.574. The Balaban J connectivity index is 1.52. The Bertz CT molecular complexity index is 1010. The molecular formula is C18H18N6O2S2. The number of aromatic nitrogens is 4. The van der Waals surface area contributed by atoms with Gasteiger partial charge in [0.25, 0.3) is 5.91 Å². The molecule has 0 radical (unpaired) electrons. The molecule has 3 heterocycles. The minimum atomic E-state index is -0.563. The van der Waals surface area contributed by atoms with Gasteiger partial charge in [-0.2, -0.15) is 0 Å². The summed E-state index contributed by atoms with van der Waals surface area (Å²) < 4.78 is 2.09. The Morgan fingerprint density at radius 1 is 1.36 bits per heavy atom. The Hall–Kier alpha value is -2.72. The van der Waals surface area contributed by atoms with Gasteiger partial charge in [0.1, 0.15) is 5.00 Å². The van der Waals surface area contributed by atoms with E-state index in [0.717, 1.165) is 24.2 Å². The lowest BCUT2D eigenvalue weighted by atomic mass is 10.3. The summed E-state index contributed by atoms with van der Waals surface area (Å²) in [5.41, 5.74) is 6.55. The van der Waals surface area contributed by atoms with Crippen molar-refractivity contribution < 1.29 is 9.59 Å². The van der Waals surface area contributed by atoms with Crippen LogP contribution in [0.4, 0.5) is 5.00 Å². The van der Waals surface area contributed by atoms with Crippen LogP contribution in [0.3, 0.4) is 0 Å². The van der Waals surface area contributed by atoms with E-state index in [9.17, 15) is 9.59 Å². The number of thioether (sulfide) groups is 1. The molecule has 3 N–H and O–H groups in total. The van der Waals surface area contributed by atoms with Crippen molar-refractivity contribution in [3.63, 3.8) is 0 Å². The fourth-order valence-corrected chi connectivity index (χ4v) is 4.45. The molecule has 2 amide bonds. The van der Waals surface area contributed by atoms with Gasteiger partial charge in [0.2, 0.25) is 5.91 Å². The second-order valence-electron chi connectivity index (χ2n) is 6.43. The number of amides is 2. The van der Waals surface area contributed by atoms with Crippen molar-refractivity contribution in [2.45, 2.75) is 36.2 Å². The third kappa shape index (κ3) is 3.78. The van der Waals surface area contributed by atoms with Crippen LogP contribution in [0.2, 0.25) is 0 Å². The fraction of sp³-hybridized carbons (Fsp3) is 0.278. The number of rotatable bonds is 7. The first-order valence-corrected chi connectivity index (χ1v) is 10.5. The number of hydrogen-bond donors (Lipinski definition) is 2. The van der Waals surface area contributed by atoms with Crippen molar-refractivity contribution in [1.29, 1.82) is 0 Å². The Kier molecular flexibility index (Phi) is 5.14. The lowest BCUT2D eigenvalue weighted by Gasteiger charge is -2.13. The molecule has 1 atom stereocenters. The van der Waals surface area contributed by atoms with Crippen LogP contribution in [0.5, 0.6) is 0 Å². The minimum absolute atomic E-state index is 0.219. The van der Waals surface area contributed by atoms with Gasteiger partial charge in [0.15, 0.2) is 11.0 Å². The first-order chi connectivity index (χ1) is 13.5. The standard InChI is InChI=1S/C18H18N6O2S2/c1-10(16(26)21-17-13(14(19)25)6-8-27-17)28-18-23-22-15(24(18)12-4-5-12)11-3-2-7-20-9-11/h2-3,6-10,12H,4-5H2,1H3,(H2,19,25)(H,21,26)/t10-/m1/s1. The molecule has 1 aliphatic rings. The molecular weight excluding hydrogens is 396 g/mol. The van der Waals surface area contributed by atoms with E-state index >= 15 is 0 Å². The largest absolute Gasteiger partial charge is 0.366 e. The average Bonchev–Trinajstić information content (AvgIpc) is 3.27. The number of anilines is 1. The molecule has 8 nitrogen and oxygen atoms in total. The molecule has 28 heavy (non-hydrogen) atoms. The molecule has 0 saturated heterocycles. The van der Waals surface area contributed by atoms with Crippen molar-refractivity contribution in [1.82, 2.24) is 19.7 Å². The summed E-state index contributed by atoms with van der Waals surface area (Å²) in [5.74, 6) is -0.0188. The van der Waals surface area contributed by atoms with E-state index in [0.29, 0.717) is 21.8 Å². The molecule has 1 aliphatic carbocycles. The van der Waals surface area contributed by atoms with Crippen LogP contribution in [-0.2, 0) is 4.79 Å². The smallest absolute Gasteiger partial charge is 0.251 e. The minimum Gasteiger partial charge on any atom is -0.366 e. The lowest BCUT2D eigenvalue weighted by Crippen LogP contribution is -2.24. The highest BCUT2D eigenvalue weighted by atomic mass is 32.2. The van der Waals surface area contributed by atoms with Crippen LogP contribution in [0.1, 0.15) is 36.2 Å². The predicted molar refractivity (Wildman–Crippen MR) is 108 cm³/mol. The normalized spacial score (nSPS) is 14.6. The molecule has 0 spiro atoms. The third-order valence-corrected chi connectivity index (χ3v) is 6.20. The van der Waals surface area contributed by atoms with Crippen LogP contribution < -0.4 is 11.1 Å². The molecule has 0 aromatic carbocycles. The topological polar surface area (TPSA) is 116 Å². The molecule has 3 aromatic heterocycles. The van der Waals surface area contributed by atoms with Crippen LogP contribution in [0.25, 0.3) is 11.4 Å². The number of pyridine rings is 1. The number of carbonyl (C=O) groups is 2. The average molecular weight is 415 g/mol. The fourth-order valence-electron chi connectivity index (χ4n) is 2.74. The lowest BCUT2D eigenvalue weighted by molar-refractivity contribution is -0.115. The first-order valence-electron chi connectivity index (χ1n) is 8.74. The highest BCUT2D eigenvalue weighted by molar-refractivity contribution is 8.00. The van der Waals surface area contributed by atoms with Crippen molar-refractivity contribution in [3.8, 4) is 11.4 Å². The van der Waals surface area contributed by atoms with Gasteiger partial charge < -0.3 is 11.1 Å². The Morgan fingerprint density at radius 2 is 2.18 bits per heavy atom. The van der Waals surface area contributed by atoms with Gasteiger partial charge in [-0.1, -0.05) is 11.8 Å². The van der Waals surface area contributed by atoms with Crippen molar-refractivity contribution >= 4 is 39.9 Å². The van der Waals surface area contributed by atoms with Crippen LogP contribution in [-0.4, -0.2) is 36.8 Å². The summed E-state index contributed by atoms with van der Waals surface area (Å²) in [6, 6.07) is 5.76. The highest BCUT2D eigenvalue weighted by Crippen LogP contribution is 2.41. The first kappa shape index (κ1) is 18.6. The summed E-state index contributed by atoms with van der Waals surface area (Å²) in [5, 5.41) is 13.9. The molecule has 1 saturated carbocycles. The number of primary amides is 1. The van der Waals surface area contributed by atoms with Gasteiger partial charge >= 0.3 is 0 Å². The number of nitrogens with one attached hydrogen (secondary N) is 1. The molecule has 0 bridgehead atoms. The van der Waals surface area contributed by atoms with Crippen molar-refractivity contribution in [2.75, 3.05) is 5.32 Å². The summed E-state index contributed by atoms with van der Waals surface area (Å²) in [6.07, 6.45) is 5.61. The van der Waals surface area contributed by atoms with Gasteiger partial charge in [-0.25, -0.2) is 0 Å². The highest BCUT2D eigenvalue weighted by Gasteiger charge is 2.31. The number of nitrogens with two attached hydrogens (primary N) is 1. The monoisotopic (exact) mass is 414 g/mol. The van der Waals surface area contributed by atoms with E-state index in [1.807, 2.05) is 12.1 Å². The maximum Gasteiger partial charge on any atom is 0.251 e. The van der Waals surface area contributed by atoms with E-state index in [2.05, 4.69) is 25.1 Å². The molecule has 144 valence electrons. The maximum atomic E-state index is 12.6. The van der Waals surface area contributed by atoms with Crippen molar-refractivity contribution in [3.05, 3.63) is 41.5 Å².